The van der Waals surface area contributed by atoms with E-state index in [0.717, 1.165) is 19.5 Å². The molecule has 5 aliphatic heterocycles. The van der Waals surface area contributed by atoms with Crippen LogP contribution >= 0.6 is 0 Å². The number of amides is 2. The van der Waals surface area contributed by atoms with Crippen LogP contribution in [-0.4, -0.2) is 140 Å². The molecule has 6 N–H and O–H groups in total. The van der Waals surface area contributed by atoms with Gasteiger partial charge in [0, 0.05) is 64.9 Å². The molecule has 8 atom stereocenters. The van der Waals surface area contributed by atoms with Crippen molar-refractivity contribution in [2.24, 2.45) is 17.6 Å². The SMILES string of the molecule is CC(C)N1CCC(C(=O)N2CCN(C3C(F)CNCC3NC(=O)C3C(N)NN4CC(F)CNC34)CC2)C1. The van der Waals surface area contributed by atoms with Crippen LogP contribution in [0.1, 0.15) is 20.3 Å². The first kappa shape index (κ1) is 27.1. The van der Waals surface area contributed by atoms with Gasteiger partial charge in [-0.15, -0.1) is 0 Å². The molecular weight excluding hydrogens is 484 g/mol. The van der Waals surface area contributed by atoms with Crippen LogP contribution < -0.4 is 27.1 Å². The molecule has 5 saturated heterocycles. The Balaban J connectivity index is 1.18. The summed E-state index contributed by atoms with van der Waals surface area (Å²) in [6.07, 6.45) is -2.36. The number of rotatable bonds is 5. The van der Waals surface area contributed by atoms with Gasteiger partial charge in [-0.05, 0) is 26.8 Å². The highest BCUT2D eigenvalue weighted by molar-refractivity contribution is 5.81. The van der Waals surface area contributed by atoms with E-state index < -0.39 is 42.7 Å². The number of hydrogen-bond donors (Lipinski definition) is 5. The smallest absolute Gasteiger partial charge is 0.229 e. The van der Waals surface area contributed by atoms with Crippen LogP contribution in [0.5, 0.6) is 0 Å². The van der Waals surface area contributed by atoms with Crippen molar-refractivity contribution in [3.8, 4) is 0 Å². The highest BCUT2D eigenvalue weighted by atomic mass is 19.1. The molecule has 0 spiro atoms. The fourth-order valence-corrected chi connectivity index (χ4v) is 6.70. The van der Waals surface area contributed by atoms with Crippen molar-refractivity contribution in [2.75, 3.05) is 65.4 Å². The van der Waals surface area contributed by atoms with E-state index in [4.69, 9.17) is 5.73 Å². The highest BCUT2D eigenvalue weighted by Gasteiger charge is 2.49. The number of nitrogens with two attached hydrogens (primary N) is 1. The number of fused-ring (bicyclic) bond motifs is 1. The van der Waals surface area contributed by atoms with Crippen molar-refractivity contribution in [1.82, 2.24) is 41.1 Å². The van der Waals surface area contributed by atoms with Gasteiger partial charge in [-0.1, -0.05) is 0 Å². The molecular formula is C24H43F2N9O2. The third-order valence-electron chi connectivity index (χ3n) is 8.78. The monoisotopic (exact) mass is 527 g/mol. The summed E-state index contributed by atoms with van der Waals surface area (Å²) < 4.78 is 29.1. The van der Waals surface area contributed by atoms with Crippen LogP contribution in [0.2, 0.25) is 0 Å². The first-order valence-electron chi connectivity index (χ1n) is 13.8. The third-order valence-corrected chi connectivity index (χ3v) is 8.78. The maximum atomic E-state index is 15.3. The lowest BCUT2D eigenvalue weighted by Gasteiger charge is -2.46. The van der Waals surface area contributed by atoms with Crippen LogP contribution in [0.4, 0.5) is 8.78 Å². The number of carbonyl (C=O) groups is 2. The molecule has 0 radical (unpaired) electrons. The minimum absolute atomic E-state index is 0.0404. The first-order chi connectivity index (χ1) is 17.7. The normalized spacial score (nSPS) is 40.2. The summed E-state index contributed by atoms with van der Waals surface area (Å²) in [6.45, 7) is 9.36. The lowest BCUT2D eigenvalue weighted by Crippen LogP contribution is -2.68. The Morgan fingerprint density at radius 3 is 2.49 bits per heavy atom. The Hall–Kier alpha value is -1.48. The lowest BCUT2D eigenvalue weighted by atomic mass is 9.94. The van der Waals surface area contributed by atoms with Gasteiger partial charge >= 0.3 is 0 Å². The largest absolute Gasteiger partial charge is 0.350 e. The average molecular weight is 528 g/mol. The number of nitrogens with zero attached hydrogens (tertiary/aromatic N) is 4. The molecule has 210 valence electrons. The topological polar surface area (TPSA) is 121 Å². The Kier molecular flexibility index (Phi) is 8.30. The van der Waals surface area contributed by atoms with Gasteiger partial charge in [0.05, 0.1) is 36.3 Å². The Labute approximate surface area is 217 Å². The summed E-state index contributed by atoms with van der Waals surface area (Å²) in [5, 5.41) is 10.9. The molecule has 5 heterocycles. The molecule has 0 aromatic carbocycles. The minimum atomic E-state index is -1.15. The fraction of sp³-hybridized carbons (Fsp3) is 0.917. The summed E-state index contributed by atoms with van der Waals surface area (Å²) in [5.41, 5.74) is 9.19. The molecule has 13 heteroatoms. The number of hydrogen-bond acceptors (Lipinski definition) is 9. The average Bonchev–Trinajstić information content (AvgIpc) is 3.48. The van der Waals surface area contributed by atoms with Gasteiger partial charge in [0.15, 0.2) is 0 Å². The fourth-order valence-electron chi connectivity index (χ4n) is 6.70. The van der Waals surface area contributed by atoms with E-state index >= 15 is 4.39 Å². The Bertz CT molecular complexity index is 830. The van der Waals surface area contributed by atoms with Crippen molar-refractivity contribution in [3.63, 3.8) is 0 Å². The molecule has 5 rings (SSSR count). The zero-order chi connectivity index (χ0) is 26.3. The number of carbonyl (C=O) groups excluding carboxylic acids is 2. The van der Waals surface area contributed by atoms with Gasteiger partial charge in [0.1, 0.15) is 12.3 Å². The van der Waals surface area contributed by atoms with Crippen molar-refractivity contribution >= 4 is 11.8 Å². The predicted octanol–water partition coefficient (Wildman–Crippen LogP) is -2.36. The molecule has 0 aromatic rings. The maximum Gasteiger partial charge on any atom is 0.229 e. The van der Waals surface area contributed by atoms with Crippen molar-refractivity contribution in [1.29, 1.82) is 0 Å². The van der Waals surface area contributed by atoms with Gasteiger partial charge < -0.3 is 26.2 Å². The molecule has 0 aromatic heterocycles. The number of piperidine rings is 1. The molecule has 37 heavy (non-hydrogen) atoms. The van der Waals surface area contributed by atoms with Gasteiger partial charge in [-0.2, -0.15) is 0 Å². The number of nitrogens with one attached hydrogen (secondary N) is 4. The maximum absolute atomic E-state index is 15.3. The number of piperazine rings is 1. The number of hydrazine groups is 1. The van der Waals surface area contributed by atoms with E-state index in [2.05, 4.69) is 45.0 Å². The first-order valence-corrected chi connectivity index (χ1v) is 13.8. The van der Waals surface area contributed by atoms with E-state index in [1.807, 2.05) is 4.90 Å². The Morgan fingerprint density at radius 2 is 1.78 bits per heavy atom. The molecule has 5 fully saturated rings. The third kappa shape index (κ3) is 5.63. The second-order valence-electron chi connectivity index (χ2n) is 11.5. The summed E-state index contributed by atoms with van der Waals surface area (Å²) in [5.74, 6) is -0.649. The molecule has 0 aliphatic carbocycles. The van der Waals surface area contributed by atoms with Gasteiger partial charge in [0.2, 0.25) is 11.8 Å². The summed E-state index contributed by atoms with van der Waals surface area (Å²) in [4.78, 5) is 32.8. The molecule has 0 bridgehead atoms. The number of alkyl halides is 2. The molecule has 0 saturated carbocycles. The number of likely N-dealkylation sites (tertiary alicyclic amines) is 1. The number of halogens is 2. The van der Waals surface area contributed by atoms with E-state index in [1.165, 1.54) is 0 Å². The van der Waals surface area contributed by atoms with Crippen LogP contribution in [-0.2, 0) is 9.59 Å². The summed E-state index contributed by atoms with van der Waals surface area (Å²) in [6, 6.07) is -0.483. The van der Waals surface area contributed by atoms with Crippen LogP contribution in [0.3, 0.4) is 0 Å². The zero-order valence-electron chi connectivity index (χ0n) is 21.9. The van der Waals surface area contributed by atoms with Gasteiger partial charge in [-0.25, -0.2) is 19.2 Å². The van der Waals surface area contributed by atoms with Gasteiger partial charge in [0.25, 0.3) is 0 Å². The molecule has 5 aliphatic rings. The lowest BCUT2D eigenvalue weighted by molar-refractivity contribution is -0.137. The van der Waals surface area contributed by atoms with Crippen molar-refractivity contribution in [2.45, 2.75) is 63.1 Å². The van der Waals surface area contributed by atoms with E-state index in [9.17, 15) is 14.0 Å². The van der Waals surface area contributed by atoms with Crippen LogP contribution in [0.25, 0.3) is 0 Å². The zero-order valence-corrected chi connectivity index (χ0v) is 21.9. The standard InChI is InChI=1S/C24H43F2N9O2/c1-14(2)34-4-3-15(12-34)24(37)33-7-5-32(6-8-33)20-17(26)10-28-11-18(20)30-23(36)19-21(27)31-35-13-16(25)9-29-22(19)35/h14-22,28-29,31H,3-13,27H2,1-2H3,(H,30,36). The second-order valence-corrected chi connectivity index (χ2v) is 11.5. The highest BCUT2D eigenvalue weighted by Crippen LogP contribution is 2.25. The van der Waals surface area contributed by atoms with Gasteiger partial charge in [-0.3, -0.25) is 19.8 Å². The summed E-state index contributed by atoms with van der Waals surface area (Å²) in [7, 11) is 0. The second kappa shape index (κ2) is 11.3. The molecule has 11 nitrogen and oxygen atoms in total. The van der Waals surface area contributed by atoms with E-state index in [-0.39, 0.29) is 37.4 Å². The van der Waals surface area contributed by atoms with Crippen molar-refractivity contribution < 1.29 is 18.4 Å². The van der Waals surface area contributed by atoms with Crippen molar-refractivity contribution in [3.05, 3.63) is 0 Å². The van der Waals surface area contributed by atoms with E-state index in [1.54, 1.807) is 5.01 Å². The molecule has 2 amide bonds. The molecule has 8 unspecified atom stereocenters. The summed E-state index contributed by atoms with van der Waals surface area (Å²) >= 11 is 0. The van der Waals surface area contributed by atoms with E-state index in [0.29, 0.717) is 38.8 Å². The van der Waals surface area contributed by atoms with Crippen LogP contribution in [0, 0.1) is 11.8 Å². The Morgan fingerprint density at radius 1 is 1.03 bits per heavy atom. The quantitative estimate of drug-likeness (QED) is 0.268. The van der Waals surface area contributed by atoms with Crippen LogP contribution in [0.15, 0.2) is 0 Å². The predicted molar refractivity (Wildman–Crippen MR) is 134 cm³/mol. The minimum Gasteiger partial charge on any atom is -0.350 e.